The number of carboxylic acid groups (broad SMARTS) is 1. The SMILES string of the molecule is C[C@H]1CC[C@@H](CCC(=O)N(CCC(=O)O)C2CCOCC2)O1. The molecule has 1 amide bonds. The maximum Gasteiger partial charge on any atom is 0.305 e. The van der Waals surface area contributed by atoms with Crippen molar-refractivity contribution in [1.29, 1.82) is 0 Å². The summed E-state index contributed by atoms with van der Waals surface area (Å²) in [4.78, 5) is 25.1. The van der Waals surface area contributed by atoms with E-state index in [9.17, 15) is 9.59 Å². The van der Waals surface area contributed by atoms with Crippen LogP contribution in [0.15, 0.2) is 0 Å². The van der Waals surface area contributed by atoms with Crippen LogP contribution in [0.1, 0.15) is 51.9 Å². The molecule has 2 saturated heterocycles. The van der Waals surface area contributed by atoms with Gasteiger partial charge >= 0.3 is 5.97 Å². The van der Waals surface area contributed by atoms with Gasteiger partial charge in [0.1, 0.15) is 0 Å². The second-order valence-corrected chi connectivity index (χ2v) is 6.26. The van der Waals surface area contributed by atoms with Gasteiger partial charge in [-0.2, -0.15) is 0 Å². The molecule has 6 nitrogen and oxygen atoms in total. The zero-order valence-corrected chi connectivity index (χ0v) is 13.3. The number of carbonyl (C=O) groups is 2. The Balaban J connectivity index is 1.85. The predicted octanol–water partition coefficient (Wildman–Crippen LogP) is 1.82. The van der Waals surface area contributed by atoms with Crippen LogP contribution < -0.4 is 0 Å². The largest absolute Gasteiger partial charge is 0.481 e. The fourth-order valence-electron chi connectivity index (χ4n) is 3.25. The third-order valence-electron chi connectivity index (χ3n) is 4.52. The van der Waals surface area contributed by atoms with E-state index in [1.807, 2.05) is 0 Å². The molecule has 2 fully saturated rings. The number of carbonyl (C=O) groups excluding carboxylic acids is 1. The average Bonchev–Trinajstić information content (AvgIpc) is 2.92. The molecule has 0 aromatic heterocycles. The fourth-order valence-corrected chi connectivity index (χ4v) is 3.25. The predicted molar refractivity (Wildman–Crippen MR) is 80.6 cm³/mol. The minimum atomic E-state index is -0.863. The molecule has 0 aliphatic carbocycles. The first-order valence-corrected chi connectivity index (χ1v) is 8.30. The van der Waals surface area contributed by atoms with Crippen LogP contribution in [0.3, 0.4) is 0 Å². The third-order valence-corrected chi connectivity index (χ3v) is 4.52. The van der Waals surface area contributed by atoms with E-state index in [4.69, 9.17) is 14.6 Å². The Hall–Kier alpha value is -1.14. The number of amides is 1. The lowest BCUT2D eigenvalue weighted by Crippen LogP contribution is -2.44. The highest BCUT2D eigenvalue weighted by Crippen LogP contribution is 2.24. The molecule has 0 aromatic carbocycles. The minimum Gasteiger partial charge on any atom is -0.481 e. The summed E-state index contributed by atoms with van der Waals surface area (Å²) in [7, 11) is 0. The molecule has 0 unspecified atom stereocenters. The van der Waals surface area contributed by atoms with Crippen molar-refractivity contribution >= 4 is 11.9 Å². The van der Waals surface area contributed by atoms with Gasteiger partial charge in [0.05, 0.1) is 18.6 Å². The Morgan fingerprint density at radius 3 is 2.45 bits per heavy atom. The molecule has 0 aromatic rings. The Morgan fingerprint density at radius 1 is 1.14 bits per heavy atom. The van der Waals surface area contributed by atoms with Gasteiger partial charge in [0.15, 0.2) is 0 Å². The van der Waals surface area contributed by atoms with E-state index in [0.717, 1.165) is 32.1 Å². The van der Waals surface area contributed by atoms with Crippen LogP contribution in [-0.2, 0) is 19.1 Å². The van der Waals surface area contributed by atoms with Crippen molar-refractivity contribution in [3.8, 4) is 0 Å². The van der Waals surface area contributed by atoms with Gasteiger partial charge in [0.2, 0.25) is 5.91 Å². The van der Waals surface area contributed by atoms with Crippen LogP contribution in [0.25, 0.3) is 0 Å². The summed E-state index contributed by atoms with van der Waals surface area (Å²) < 4.78 is 11.1. The van der Waals surface area contributed by atoms with Crippen LogP contribution in [-0.4, -0.2) is 59.9 Å². The summed E-state index contributed by atoms with van der Waals surface area (Å²) in [6.07, 6.45) is 5.30. The highest BCUT2D eigenvalue weighted by molar-refractivity contribution is 5.77. The summed E-state index contributed by atoms with van der Waals surface area (Å²) in [5, 5.41) is 8.89. The number of ether oxygens (including phenoxy) is 2. The first-order valence-electron chi connectivity index (χ1n) is 8.30. The fraction of sp³-hybridized carbons (Fsp3) is 0.875. The third kappa shape index (κ3) is 5.25. The molecule has 0 radical (unpaired) electrons. The molecular formula is C16H27NO5. The van der Waals surface area contributed by atoms with Crippen molar-refractivity contribution in [2.45, 2.75) is 70.1 Å². The normalized spacial score (nSPS) is 26.0. The number of aliphatic carboxylic acids is 1. The molecule has 22 heavy (non-hydrogen) atoms. The van der Waals surface area contributed by atoms with Crippen LogP contribution >= 0.6 is 0 Å². The maximum absolute atomic E-state index is 12.5. The number of carboxylic acids is 1. The van der Waals surface area contributed by atoms with E-state index < -0.39 is 5.97 Å². The second-order valence-electron chi connectivity index (χ2n) is 6.26. The monoisotopic (exact) mass is 313 g/mol. The lowest BCUT2D eigenvalue weighted by molar-refractivity contribution is -0.140. The van der Waals surface area contributed by atoms with E-state index in [1.54, 1.807) is 4.90 Å². The molecule has 0 saturated carbocycles. The summed E-state index contributed by atoms with van der Waals surface area (Å²) >= 11 is 0. The zero-order chi connectivity index (χ0) is 15.9. The topological polar surface area (TPSA) is 76.1 Å². The molecule has 6 heteroatoms. The summed E-state index contributed by atoms with van der Waals surface area (Å²) in [5.74, 6) is -0.811. The van der Waals surface area contributed by atoms with Gasteiger partial charge in [-0.3, -0.25) is 9.59 Å². The van der Waals surface area contributed by atoms with E-state index in [1.165, 1.54) is 0 Å². The molecule has 1 N–H and O–H groups in total. The Bertz CT molecular complexity index is 381. The molecule has 2 heterocycles. The van der Waals surface area contributed by atoms with Crippen molar-refractivity contribution < 1.29 is 24.2 Å². The van der Waals surface area contributed by atoms with Crippen LogP contribution in [0.2, 0.25) is 0 Å². The maximum atomic E-state index is 12.5. The second kappa shape index (κ2) is 8.48. The first kappa shape index (κ1) is 17.2. The highest BCUT2D eigenvalue weighted by Gasteiger charge is 2.28. The molecule has 2 rings (SSSR count). The number of rotatable bonds is 7. The summed E-state index contributed by atoms with van der Waals surface area (Å²) in [5.41, 5.74) is 0. The first-order chi connectivity index (χ1) is 10.6. The number of hydrogen-bond donors (Lipinski definition) is 1. The Kier molecular flexibility index (Phi) is 6.64. The van der Waals surface area contributed by atoms with Gasteiger partial charge < -0.3 is 19.5 Å². The van der Waals surface area contributed by atoms with Gasteiger partial charge in [0.25, 0.3) is 0 Å². The van der Waals surface area contributed by atoms with Gasteiger partial charge in [-0.1, -0.05) is 0 Å². The average molecular weight is 313 g/mol. The molecule has 2 aliphatic heterocycles. The minimum absolute atomic E-state index is 0.0000593. The molecule has 0 bridgehead atoms. The quantitative estimate of drug-likeness (QED) is 0.776. The number of hydrogen-bond acceptors (Lipinski definition) is 4. The van der Waals surface area contributed by atoms with Crippen molar-refractivity contribution in [1.82, 2.24) is 4.90 Å². The lowest BCUT2D eigenvalue weighted by atomic mass is 10.0. The Labute approximate surface area is 131 Å². The lowest BCUT2D eigenvalue weighted by Gasteiger charge is -2.34. The van der Waals surface area contributed by atoms with E-state index in [2.05, 4.69) is 6.92 Å². The summed E-state index contributed by atoms with van der Waals surface area (Å²) in [6, 6.07) is 0.115. The standard InChI is InChI=1S/C16H27NO5/c1-12-2-3-14(22-12)4-5-15(18)17(9-6-16(19)20)13-7-10-21-11-8-13/h12-14H,2-11H2,1H3,(H,19,20)/t12-,14-/m0/s1. The molecule has 0 spiro atoms. The van der Waals surface area contributed by atoms with Crippen molar-refractivity contribution in [2.24, 2.45) is 0 Å². The van der Waals surface area contributed by atoms with Gasteiger partial charge in [-0.25, -0.2) is 0 Å². The molecule has 2 aliphatic rings. The smallest absolute Gasteiger partial charge is 0.305 e. The summed E-state index contributed by atoms with van der Waals surface area (Å²) in [6.45, 7) is 3.64. The molecule has 2 atom stereocenters. The van der Waals surface area contributed by atoms with Crippen LogP contribution in [0.5, 0.6) is 0 Å². The van der Waals surface area contributed by atoms with Crippen LogP contribution in [0, 0.1) is 0 Å². The van der Waals surface area contributed by atoms with Crippen molar-refractivity contribution in [3.63, 3.8) is 0 Å². The van der Waals surface area contributed by atoms with Crippen molar-refractivity contribution in [2.75, 3.05) is 19.8 Å². The van der Waals surface area contributed by atoms with Crippen LogP contribution in [0.4, 0.5) is 0 Å². The Morgan fingerprint density at radius 2 is 1.86 bits per heavy atom. The van der Waals surface area contributed by atoms with Gasteiger partial charge in [-0.15, -0.1) is 0 Å². The van der Waals surface area contributed by atoms with E-state index in [0.29, 0.717) is 32.3 Å². The van der Waals surface area contributed by atoms with Crippen molar-refractivity contribution in [3.05, 3.63) is 0 Å². The van der Waals surface area contributed by atoms with E-state index >= 15 is 0 Å². The van der Waals surface area contributed by atoms with Gasteiger partial charge in [-0.05, 0) is 39.0 Å². The molecule has 126 valence electrons. The van der Waals surface area contributed by atoms with E-state index in [-0.39, 0.29) is 24.5 Å². The van der Waals surface area contributed by atoms with Gasteiger partial charge in [0, 0.05) is 32.2 Å². The molecular weight excluding hydrogens is 286 g/mol. The highest BCUT2D eigenvalue weighted by atomic mass is 16.5. The zero-order valence-electron chi connectivity index (χ0n) is 13.3. The number of nitrogens with zero attached hydrogens (tertiary/aromatic N) is 1.